The molecule has 0 aliphatic heterocycles. The average molecular weight is 239 g/mol. The molecule has 0 bridgehead atoms. The molecule has 5 heteroatoms. The molecule has 0 atom stereocenters. The first-order valence-electron chi connectivity index (χ1n) is 5.02. The van der Waals surface area contributed by atoms with Crippen LogP contribution in [0.2, 0.25) is 0 Å². The average Bonchev–Trinajstić information content (AvgIpc) is 2.35. The number of thioether (sulfide) groups is 1. The zero-order valence-electron chi connectivity index (χ0n) is 9.56. The minimum absolute atomic E-state index is 0.263. The van der Waals surface area contributed by atoms with Crippen LogP contribution < -0.4 is 11.3 Å². The summed E-state index contributed by atoms with van der Waals surface area (Å²) in [5, 5.41) is 0. The van der Waals surface area contributed by atoms with Crippen molar-refractivity contribution in [3.05, 3.63) is 29.8 Å². The maximum absolute atomic E-state index is 11.1. The van der Waals surface area contributed by atoms with E-state index in [9.17, 15) is 4.79 Å². The Kier molecular flexibility index (Phi) is 5.14. The molecule has 0 aliphatic rings. The molecule has 3 N–H and O–H groups in total. The van der Waals surface area contributed by atoms with Crippen molar-refractivity contribution in [1.82, 2.24) is 10.3 Å². The Morgan fingerprint density at radius 2 is 2.06 bits per heavy atom. The van der Waals surface area contributed by atoms with Crippen LogP contribution in [0.15, 0.2) is 29.2 Å². The molecule has 2 amide bonds. The zero-order chi connectivity index (χ0) is 12.0. The molecule has 1 rings (SSSR count). The Balaban J connectivity index is 2.45. The number of urea groups is 1. The van der Waals surface area contributed by atoms with Crippen molar-refractivity contribution in [2.24, 2.45) is 5.84 Å². The monoisotopic (exact) mass is 239 g/mol. The van der Waals surface area contributed by atoms with Crippen molar-refractivity contribution in [3.8, 4) is 0 Å². The van der Waals surface area contributed by atoms with Crippen LogP contribution in [0.3, 0.4) is 0 Å². The van der Waals surface area contributed by atoms with E-state index in [1.807, 2.05) is 6.26 Å². The van der Waals surface area contributed by atoms with Gasteiger partial charge < -0.3 is 4.90 Å². The Hall–Kier alpha value is -1.20. The fourth-order valence-corrected chi connectivity index (χ4v) is 1.71. The molecule has 1 aromatic rings. The summed E-state index contributed by atoms with van der Waals surface area (Å²) < 4.78 is 0. The van der Waals surface area contributed by atoms with E-state index in [0.717, 1.165) is 6.42 Å². The lowest BCUT2D eigenvalue weighted by Crippen LogP contribution is -2.41. The van der Waals surface area contributed by atoms with Crippen molar-refractivity contribution in [1.29, 1.82) is 0 Å². The van der Waals surface area contributed by atoms with Crippen LogP contribution in [0.25, 0.3) is 0 Å². The third-order valence-electron chi connectivity index (χ3n) is 2.37. The number of rotatable bonds is 4. The van der Waals surface area contributed by atoms with E-state index in [4.69, 9.17) is 5.84 Å². The second kappa shape index (κ2) is 6.40. The van der Waals surface area contributed by atoms with E-state index in [0.29, 0.717) is 6.54 Å². The van der Waals surface area contributed by atoms with E-state index < -0.39 is 0 Å². The second-order valence-corrected chi connectivity index (χ2v) is 4.35. The molecule has 16 heavy (non-hydrogen) atoms. The van der Waals surface area contributed by atoms with Crippen molar-refractivity contribution in [2.45, 2.75) is 11.3 Å². The van der Waals surface area contributed by atoms with Crippen LogP contribution in [-0.4, -0.2) is 30.8 Å². The van der Waals surface area contributed by atoms with Crippen LogP contribution in [0.5, 0.6) is 0 Å². The summed E-state index contributed by atoms with van der Waals surface area (Å²) in [7, 11) is 1.72. The van der Waals surface area contributed by atoms with Crippen molar-refractivity contribution < 1.29 is 4.79 Å². The summed E-state index contributed by atoms with van der Waals surface area (Å²) in [6.45, 7) is 0.654. The fourth-order valence-electron chi connectivity index (χ4n) is 1.30. The smallest absolute Gasteiger partial charge is 0.326 e. The summed E-state index contributed by atoms with van der Waals surface area (Å²) in [4.78, 5) is 13.9. The molecule has 4 nitrogen and oxygen atoms in total. The van der Waals surface area contributed by atoms with E-state index >= 15 is 0 Å². The van der Waals surface area contributed by atoms with Crippen molar-refractivity contribution in [3.63, 3.8) is 0 Å². The lowest BCUT2D eigenvalue weighted by Gasteiger charge is -2.15. The molecule has 0 radical (unpaired) electrons. The molecule has 0 spiro atoms. The Morgan fingerprint density at radius 3 is 2.56 bits per heavy atom. The first-order chi connectivity index (χ1) is 7.67. The maximum Gasteiger partial charge on any atom is 0.331 e. The van der Waals surface area contributed by atoms with Crippen molar-refractivity contribution >= 4 is 17.8 Å². The number of likely N-dealkylation sites (N-methyl/N-ethyl adjacent to an activating group) is 1. The van der Waals surface area contributed by atoms with Gasteiger partial charge in [-0.2, -0.15) is 0 Å². The second-order valence-electron chi connectivity index (χ2n) is 3.47. The first kappa shape index (κ1) is 12.9. The van der Waals surface area contributed by atoms with Crippen LogP contribution >= 0.6 is 11.8 Å². The molecule has 0 unspecified atom stereocenters. The number of hydrogen-bond acceptors (Lipinski definition) is 3. The molecule has 88 valence electrons. The maximum atomic E-state index is 11.1. The molecular formula is C11H17N3OS. The number of nitrogens with two attached hydrogens (primary N) is 1. The van der Waals surface area contributed by atoms with E-state index in [1.165, 1.54) is 10.5 Å². The van der Waals surface area contributed by atoms with Gasteiger partial charge in [0.15, 0.2) is 0 Å². The highest BCUT2D eigenvalue weighted by atomic mass is 32.2. The van der Waals surface area contributed by atoms with Crippen LogP contribution in [0, 0.1) is 0 Å². The summed E-state index contributed by atoms with van der Waals surface area (Å²) in [5.41, 5.74) is 3.32. The summed E-state index contributed by atoms with van der Waals surface area (Å²) in [6, 6.07) is 8.08. The number of hydrogen-bond donors (Lipinski definition) is 2. The molecule has 0 heterocycles. The van der Waals surface area contributed by atoms with Crippen LogP contribution in [-0.2, 0) is 6.42 Å². The van der Waals surface area contributed by atoms with Gasteiger partial charge in [0.2, 0.25) is 0 Å². The lowest BCUT2D eigenvalue weighted by atomic mass is 10.1. The van der Waals surface area contributed by atoms with Gasteiger partial charge in [-0.15, -0.1) is 11.8 Å². The van der Waals surface area contributed by atoms with Gasteiger partial charge in [-0.25, -0.2) is 10.6 Å². The lowest BCUT2D eigenvalue weighted by molar-refractivity contribution is 0.209. The van der Waals surface area contributed by atoms with E-state index in [-0.39, 0.29) is 6.03 Å². The van der Waals surface area contributed by atoms with Gasteiger partial charge in [0, 0.05) is 18.5 Å². The predicted molar refractivity (Wildman–Crippen MR) is 67.3 cm³/mol. The number of nitrogens with zero attached hydrogens (tertiary/aromatic N) is 1. The number of nitrogens with one attached hydrogen (secondary N) is 1. The molecule has 0 saturated heterocycles. The zero-order valence-corrected chi connectivity index (χ0v) is 10.4. The van der Waals surface area contributed by atoms with Gasteiger partial charge in [0.25, 0.3) is 0 Å². The van der Waals surface area contributed by atoms with Gasteiger partial charge >= 0.3 is 6.03 Å². The highest BCUT2D eigenvalue weighted by Crippen LogP contribution is 2.15. The number of hydrazine groups is 1. The minimum Gasteiger partial charge on any atom is -0.326 e. The van der Waals surface area contributed by atoms with Gasteiger partial charge in [-0.3, -0.25) is 5.43 Å². The summed E-state index contributed by atoms with van der Waals surface area (Å²) in [6.07, 6.45) is 2.88. The molecule has 0 aromatic heterocycles. The quantitative estimate of drug-likeness (QED) is 0.362. The van der Waals surface area contributed by atoms with Crippen molar-refractivity contribution in [2.75, 3.05) is 19.8 Å². The fraction of sp³-hybridized carbons (Fsp3) is 0.364. The number of benzene rings is 1. The number of amides is 2. The van der Waals surface area contributed by atoms with E-state index in [1.54, 1.807) is 23.7 Å². The number of carbonyl (C=O) groups excluding carboxylic acids is 1. The van der Waals surface area contributed by atoms with Crippen LogP contribution in [0.1, 0.15) is 5.56 Å². The SMILES string of the molecule is CSc1ccc(CCN(C)C(=O)NN)cc1. The first-order valence-corrected chi connectivity index (χ1v) is 6.24. The molecule has 0 aliphatic carbocycles. The molecule has 0 saturated carbocycles. The molecule has 1 aromatic carbocycles. The minimum atomic E-state index is -0.263. The van der Waals surface area contributed by atoms with Gasteiger partial charge in [0.05, 0.1) is 0 Å². The molecular weight excluding hydrogens is 222 g/mol. The highest BCUT2D eigenvalue weighted by molar-refractivity contribution is 7.98. The predicted octanol–water partition coefficient (Wildman–Crippen LogP) is 1.47. The van der Waals surface area contributed by atoms with Crippen LogP contribution in [0.4, 0.5) is 4.79 Å². The topological polar surface area (TPSA) is 58.4 Å². The summed E-state index contributed by atoms with van der Waals surface area (Å²) in [5.74, 6) is 5.04. The third kappa shape index (κ3) is 3.75. The van der Waals surface area contributed by atoms with Gasteiger partial charge in [0.1, 0.15) is 0 Å². The standard InChI is InChI=1S/C11H17N3OS/c1-14(11(15)13-12)8-7-9-3-5-10(16-2)6-4-9/h3-6H,7-8,12H2,1-2H3,(H,13,15). The number of carbonyl (C=O) groups is 1. The largest absolute Gasteiger partial charge is 0.331 e. The Bertz CT molecular complexity index is 340. The molecule has 0 fully saturated rings. The summed E-state index contributed by atoms with van der Waals surface area (Å²) >= 11 is 1.72. The Morgan fingerprint density at radius 1 is 1.44 bits per heavy atom. The van der Waals surface area contributed by atoms with Gasteiger partial charge in [-0.1, -0.05) is 12.1 Å². The Labute approximate surface area is 100 Å². The van der Waals surface area contributed by atoms with Gasteiger partial charge in [-0.05, 0) is 30.4 Å². The van der Waals surface area contributed by atoms with E-state index in [2.05, 4.69) is 29.7 Å². The third-order valence-corrected chi connectivity index (χ3v) is 3.11. The normalized spacial score (nSPS) is 9.94. The highest BCUT2D eigenvalue weighted by Gasteiger charge is 2.05.